The van der Waals surface area contributed by atoms with Gasteiger partial charge in [-0.3, -0.25) is 4.79 Å². The quantitative estimate of drug-likeness (QED) is 0.516. The number of nitrogens with zero attached hydrogens (tertiary/aromatic N) is 1. The molecule has 4 aromatic rings. The van der Waals surface area contributed by atoms with Gasteiger partial charge < -0.3 is 19.6 Å². The molecule has 2 heterocycles. The normalized spacial score (nSPS) is 15.0. The number of fused-ring (bicyclic) bond motifs is 2. The minimum absolute atomic E-state index is 0.00889. The van der Waals surface area contributed by atoms with Crippen molar-refractivity contribution in [1.29, 1.82) is 5.26 Å². The molecule has 2 N–H and O–H groups in total. The Morgan fingerprint density at radius 2 is 1.69 bits per heavy atom. The highest BCUT2D eigenvalue weighted by Gasteiger charge is 2.35. The maximum Gasteiger partial charge on any atom is 0.235 e. The van der Waals surface area contributed by atoms with Crippen molar-refractivity contribution in [2.24, 2.45) is 5.73 Å². The summed E-state index contributed by atoms with van der Waals surface area (Å²) in [4.78, 5) is 13.0. The topological polar surface area (TPSA) is 98.5 Å². The lowest BCUT2D eigenvalue weighted by Crippen LogP contribution is -2.25. The Morgan fingerprint density at radius 3 is 2.44 bits per heavy atom. The van der Waals surface area contributed by atoms with Crippen LogP contribution in [0.15, 0.2) is 99.5 Å². The van der Waals surface area contributed by atoms with Crippen LogP contribution in [0.25, 0.3) is 11.0 Å². The average Bonchev–Trinajstić information content (AvgIpc) is 2.84. The van der Waals surface area contributed by atoms with Crippen molar-refractivity contribution in [3.63, 3.8) is 0 Å². The van der Waals surface area contributed by atoms with Gasteiger partial charge in [-0.1, -0.05) is 54.6 Å². The molecule has 1 aliphatic rings. The third-order valence-electron chi connectivity index (χ3n) is 5.39. The molecule has 1 atom stereocenters. The molecule has 0 spiro atoms. The zero-order valence-electron chi connectivity index (χ0n) is 16.9. The van der Waals surface area contributed by atoms with Gasteiger partial charge in [-0.25, -0.2) is 0 Å². The summed E-state index contributed by atoms with van der Waals surface area (Å²) in [5, 5.41) is 10.1. The number of nitrogens with two attached hydrogens (primary N) is 1. The Hall–Kier alpha value is -4.50. The molecule has 0 bridgehead atoms. The minimum atomic E-state index is -0.663. The van der Waals surface area contributed by atoms with Crippen LogP contribution in [0.3, 0.4) is 0 Å². The second kappa shape index (κ2) is 7.97. The number of benzene rings is 3. The van der Waals surface area contributed by atoms with Crippen LogP contribution in [-0.2, 0) is 6.61 Å². The first-order valence-electron chi connectivity index (χ1n) is 10.1. The van der Waals surface area contributed by atoms with Crippen LogP contribution in [0, 0.1) is 11.3 Å². The molecule has 0 fully saturated rings. The van der Waals surface area contributed by atoms with Crippen LogP contribution in [-0.4, -0.2) is 0 Å². The second-order valence-corrected chi connectivity index (χ2v) is 7.39. The molecule has 1 unspecified atom stereocenters. The number of allylic oxidation sites excluding steroid dienone is 1. The van der Waals surface area contributed by atoms with Gasteiger partial charge in [0.2, 0.25) is 17.1 Å². The van der Waals surface area contributed by atoms with E-state index in [1.165, 1.54) is 0 Å². The van der Waals surface area contributed by atoms with E-state index in [1.807, 2.05) is 54.6 Å². The Morgan fingerprint density at radius 1 is 0.969 bits per heavy atom. The average molecular weight is 422 g/mol. The Bertz CT molecular complexity index is 1430. The summed E-state index contributed by atoms with van der Waals surface area (Å²) in [5.41, 5.74) is 8.10. The Balaban J connectivity index is 1.54. The molecule has 1 aromatic heterocycles. The zero-order valence-corrected chi connectivity index (χ0v) is 16.9. The monoisotopic (exact) mass is 422 g/mol. The number of ether oxygens (including phenoxy) is 2. The van der Waals surface area contributed by atoms with E-state index in [9.17, 15) is 10.1 Å². The molecule has 32 heavy (non-hydrogen) atoms. The molecule has 0 radical (unpaired) electrons. The van der Waals surface area contributed by atoms with Crippen molar-refractivity contribution in [3.05, 3.63) is 117 Å². The number of para-hydroxylation sites is 1. The van der Waals surface area contributed by atoms with Gasteiger partial charge in [0.25, 0.3) is 0 Å². The molecule has 1 aliphatic heterocycles. The maximum atomic E-state index is 13.0. The van der Waals surface area contributed by atoms with E-state index in [2.05, 4.69) is 6.07 Å². The van der Waals surface area contributed by atoms with Crippen molar-refractivity contribution >= 4 is 11.0 Å². The first-order valence-corrected chi connectivity index (χ1v) is 10.1. The maximum absolute atomic E-state index is 13.0. The summed E-state index contributed by atoms with van der Waals surface area (Å²) in [7, 11) is 0. The fraction of sp³-hybridized carbons (Fsp3) is 0.0769. The van der Waals surface area contributed by atoms with E-state index < -0.39 is 5.92 Å². The third-order valence-corrected chi connectivity index (χ3v) is 5.39. The van der Waals surface area contributed by atoms with E-state index in [1.54, 1.807) is 24.3 Å². The van der Waals surface area contributed by atoms with Crippen LogP contribution in [0.1, 0.15) is 22.8 Å². The van der Waals surface area contributed by atoms with Gasteiger partial charge in [0.1, 0.15) is 29.6 Å². The fourth-order valence-electron chi connectivity index (χ4n) is 3.80. The molecular formula is C26H18N2O4. The van der Waals surface area contributed by atoms with Crippen molar-refractivity contribution in [2.45, 2.75) is 12.5 Å². The predicted molar refractivity (Wildman–Crippen MR) is 119 cm³/mol. The summed E-state index contributed by atoms with van der Waals surface area (Å²) in [5.74, 6) is 0.188. The summed E-state index contributed by atoms with van der Waals surface area (Å²) in [6.07, 6.45) is 0. The van der Waals surface area contributed by atoms with Gasteiger partial charge in [-0.2, -0.15) is 5.26 Å². The number of nitriles is 1. The molecular weight excluding hydrogens is 404 g/mol. The minimum Gasteiger partial charge on any atom is -0.489 e. The SMILES string of the molecule is N#CC1=C(N)Oc2c(oc3ccccc3c2=O)C1c1ccc(OCc2ccccc2)cc1. The molecule has 0 saturated heterocycles. The van der Waals surface area contributed by atoms with E-state index >= 15 is 0 Å². The predicted octanol–water partition coefficient (Wildman–Crippen LogP) is 4.59. The van der Waals surface area contributed by atoms with Gasteiger partial charge in [0.15, 0.2) is 5.76 Å². The molecule has 3 aromatic carbocycles. The molecule has 5 rings (SSSR count). The lowest BCUT2D eigenvalue weighted by atomic mass is 9.87. The largest absolute Gasteiger partial charge is 0.489 e. The molecule has 0 aliphatic carbocycles. The summed E-state index contributed by atoms with van der Waals surface area (Å²) in [6.45, 7) is 0.442. The van der Waals surface area contributed by atoms with Crippen molar-refractivity contribution in [2.75, 3.05) is 0 Å². The Labute approximate surface area is 183 Å². The highest BCUT2D eigenvalue weighted by molar-refractivity contribution is 5.78. The van der Waals surface area contributed by atoms with Crippen molar-refractivity contribution < 1.29 is 13.9 Å². The van der Waals surface area contributed by atoms with Crippen LogP contribution in [0.2, 0.25) is 0 Å². The highest BCUT2D eigenvalue weighted by Crippen LogP contribution is 2.42. The van der Waals surface area contributed by atoms with Gasteiger partial charge in [0.05, 0.1) is 11.3 Å². The van der Waals surface area contributed by atoms with Crippen LogP contribution in [0.4, 0.5) is 0 Å². The van der Waals surface area contributed by atoms with Gasteiger partial charge in [-0.05, 0) is 35.4 Å². The van der Waals surface area contributed by atoms with Crippen LogP contribution < -0.4 is 20.6 Å². The smallest absolute Gasteiger partial charge is 0.235 e. The van der Waals surface area contributed by atoms with E-state index in [4.69, 9.17) is 19.6 Å². The number of hydrogen-bond donors (Lipinski definition) is 1. The zero-order chi connectivity index (χ0) is 22.1. The second-order valence-electron chi connectivity index (χ2n) is 7.39. The first-order chi connectivity index (χ1) is 15.7. The molecule has 0 amide bonds. The van der Waals surface area contributed by atoms with Crippen molar-refractivity contribution in [1.82, 2.24) is 0 Å². The number of hydrogen-bond acceptors (Lipinski definition) is 6. The summed E-state index contributed by atoms with van der Waals surface area (Å²) < 4.78 is 17.4. The fourth-order valence-corrected chi connectivity index (χ4v) is 3.80. The number of rotatable bonds is 4. The van der Waals surface area contributed by atoms with Crippen molar-refractivity contribution in [3.8, 4) is 17.6 Å². The van der Waals surface area contributed by atoms with Gasteiger partial charge in [0, 0.05) is 0 Å². The van der Waals surface area contributed by atoms with Gasteiger partial charge >= 0.3 is 0 Å². The summed E-state index contributed by atoms with van der Waals surface area (Å²) in [6, 6.07) is 26.2. The van der Waals surface area contributed by atoms with Crippen LogP contribution >= 0.6 is 0 Å². The standard InChI is InChI=1S/C26H18N2O4/c27-14-20-22(17-10-12-18(13-11-17)30-15-16-6-2-1-3-7-16)24-25(32-26(20)28)23(29)19-8-4-5-9-21(19)31-24/h1-13,22H,15,28H2. The Kier molecular flexibility index (Phi) is 4.85. The molecule has 6 heteroatoms. The third kappa shape index (κ3) is 3.36. The molecule has 156 valence electrons. The molecule has 0 saturated carbocycles. The molecule has 6 nitrogen and oxygen atoms in total. The van der Waals surface area contributed by atoms with Crippen LogP contribution in [0.5, 0.6) is 11.5 Å². The summed E-state index contributed by atoms with van der Waals surface area (Å²) >= 11 is 0. The van der Waals surface area contributed by atoms with E-state index in [0.717, 1.165) is 11.1 Å². The first kappa shape index (κ1) is 19.5. The lowest BCUT2D eigenvalue weighted by Gasteiger charge is -2.25. The highest BCUT2D eigenvalue weighted by atomic mass is 16.5. The van der Waals surface area contributed by atoms with Gasteiger partial charge in [-0.15, -0.1) is 0 Å². The lowest BCUT2D eigenvalue weighted by molar-refractivity contribution is 0.306. The van der Waals surface area contributed by atoms with E-state index in [0.29, 0.717) is 23.3 Å². The van der Waals surface area contributed by atoms with E-state index in [-0.39, 0.29) is 28.4 Å².